The summed E-state index contributed by atoms with van der Waals surface area (Å²) < 4.78 is 11.3. The molecule has 3 aromatic rings. The molecule has 0 aliphatic heterocycles. The van der Waals surface area contributed by atoms with E-state index in [-0.39, 0.29) is 12.2 Å². The van der Waals surface area contributed by atoms with E-state index in [1.54, 1.807) is 54.6 Å². The molecule has 0 aromatic heterocycles. The third-order valence-electron chi connectivity index (χ3n) is 4.69. The number of carbonyl (C=O) groups excluding carboxylic acids is 1. The lowest BCUT2D eigenvalue weighted by Gasteiger charge is -2.12. The van der Waals surface area contributed by atoms with Crippen LogP contribution in [0.1, 0.15) is 16.7 Å². The monoisotopic (exact) mass is 500 g/mol. The summed E-state index contributed by atoms with van der Waals surface area (Å²) in [7, 11) is 1.50. The zero-order chi connectivity index (χ0) is 24.0. The number of nitrogens with zero attached hydrogens (tertiary/aromatic N) is 1. The third kappa shape index (κ3) is 6.43. The van der Waals surface area contributed by atoms with Gasteiger partial charge in [0, 0.05) is 26.3 Å². The molecule has 3 aromatic carbocycles. The molecule has 0 atom stereocenters. The molecule has 3 rings (SSSR count). The first-order valence-electron chi connectivity index (χ1n) is 9.74. The maximum absolute atomic E-state index is 12.6. The van der Waals surface area contributed by atoms with E-state index in [1.807, 2.05) is 13.0 Å². The molecule has 1 amide bonds. The van der Waals surface area contributed by atoms with Crippen LogP contribution in [0.2, 0.25) is 15.1 Å². The van der Waals surface area contributed by atoms with Crippen LogP contribution in [-0.2, 0) is 11.4 Å². The maximum Gasteiger partial charge on any atom is 0.266 e. The first kappa shape index (κ1) is 24.5. The van der Waals surface area contributed by atoms with Crippen molar-refractivity contribution in [2.75, 3.05) is 12.4 Å². The Balaban J connectivity index is 1.76. The Kier molecular flexibility index (Phi) is 8.24. The van der Waals surface area contributed by atoms with Crippen molar-refractivity contribution in [2.45, 2.75) is 13.5 Å². The van der Waals surface area contributed by atoms with Crippen molar-refractivity contribution in [3.63, 3.8) is 0 Å². The lowest BCUT2D eigenvalue weighted by molar-refractivity contribution is -0.112. The predicted octanol–water partition coefficient (Wildman–Crippen LogP) is 7.09. The van der Waals surface area contributed by atoms with Crippen LogP contribution in [-0.4, -0.2) is 13.0 Å². The molecule has 168 valence electrons. The molecule has 0 radical (unpaired) electrons. The second-order valence-electron chi connectivity index (χ2n) is 7.02. The van der Waals surface area contributed by atoms with Gasteiger partial charge in [0.2, 0.25) is 0 Å². The van der Waals surface area contributed by atoms with E-state index >= 15 is 0 Å². The molecular formula is C25H19Cl3N2O3. The molecule has 0 saturated heterocycles. The van der Waals surface area contributed by atoms with Gasteiger partial charge in [-0.05, 0) is 60.5 Å². The summed E-state index contributed by atoms with van der Waals surface area (Å²) >= 11 is 18.2. The Morgan fingerprint density at radius 2 is 1.82 bits per heavy atom. The summed E-state index contributed by atoms with van der Waals surface area (Å²) in [5, 5.41) is 13.7. The van der Waals surface area contributed by atoms with E-state index in [1.165, 1.54) is 13.2 Å². The molecule has 0 saturated carbocycles. The van der Waals surface area contributed by atoms with E-state index in [2.05, 4.69) is 5.32 Å². The van der Waals surface area contributed by atoms with Crippen molar-refractivity contribution in [2.24, 2.45) is 0 Å². The number of methoxy groups -OCH3 is 1. The van der Waals surface area contributed by atoms with E-state index in [0.29, 0.717) is 37.8 Å². The van der Waals surface area contributed by atoms with Crippen molar-refractivity contribution < 1.29 is 14.3 Å². The first-order valence-corrected chi connectivity index (χ1v) is 10.9. The van der Waals surface area contributed by atoms with Gasteiger partial charge in [-0.2, -0.15) is 5.26 Å². The Morgan fingerprint density at radius 1 is 1.03 bits per heavy atom. The fraction of sp³-hybridized carbons (Fsp3) is 0.120. The minimum Gasteiger partial charge on any atom is -0.493 e. The minimum atomic E-state index is -0.547. The van der Waals surface area contributed by atoms with E-state index < -0.39 is 5.91 Å². The highest BCUT2D eigenvalue weighted by atomic mass is 35.5. The number of rotatable bonds is 7. The third-order valence-corrected chi connectivity index (χ3v) is 5.69. The number of nitriles is 1. The highest BCUT2D eigenvalue weighted by Crippen LogP contribution is 2.31. The number of hydrogen-bond donors (Lipinski definition) is 1. The second-order valence-corrected chi connectivity index (χ2v) is 8.27. The smallest absolute Gasteiger partial charge is 0.266 e. The van der Waals surface area contributed by atoms with Crippen molar-refractivity contribution in [1.29, 1.82) is 5.26 Å². The SMILES string of the molecule is COc1cc(/C=C(/C#N)C(=O)Nc2ccc(C)c(Cl)c2)ccc1OCc1ccc(Cl)cc1Cl. The van der Waals surface area contributed by atoms with Crippen LogP contribution in [0, 0.1) is 18.3 Å². The number of nitrogens with one attached hydrogen (secondary N) is 1. The molecule has 0 heterocycles. The zero-order valence-corrected chi connectivity index (χ0v) is 20.1. The largest absolute Gasteiger partial charge is 0.493 e. The zero-order valence-electron chi connectivity index (χ0n) is 17.8. The van der Waals surface area contributed by atoms with Crippen LogP contribution in [0.3, 0.4) is 0 Å². The second kappa shape index (κ2) is 11.1. The number of amides is 1. The maximum atomic E-state index is 12.6. The number of hydrogen-bond acceptors (Lipinski definition) is 4. The van der Waals surface area contributed by atoms with Crippen molar-refractivity contribution >= 4 is 52.5 Å². The Hall–Kier alpha value is -3.17. The number of ether oxygens (including phenoxy) is 2. The lowest BCUT2D eigenvalue weighted by atomic mass is 10.1. The summed E-state index contributed by atoms with van der Waals surface area (Å²) in [5.74, 6) is 0.379. The van der Waals surface area contributed by atoms with E-state index in [0.717, 1.165) is 11.1 Å². The quantitative estimate of drug-likeness (QED) is 0.277. The number of halogens is 3. The summed E-state index contributed by atoms with van der Waals surface area (Å²) in [6.07, 6.45) is 1.47. The van der Waals surface area contributed by atoms with Crippen LogP contribution in [0.25, 0.3) is 6.08 Å². The Bertz CT molecular complexity index is 1270. The van der Waals surface area contributed by atoms with Crippen LogP contribution >= 0.6 is 34.8 Å². The number of carbonyl (C=O) groups is 1. The standard InChI is InChI=1S/C25H19Cl3N2O3/c1-15-3-7-20(12-21(15)27)30-25(31)18(13-29)9-16-4-8-23(24(10-16)32-2)33-14-17-5-6-19(26)11-22(17)28/h3-12H,14H2,1-2H3,(H,30,31)/b18-9-. The first-order chi connectivity index (χ1) is 15.8. The average molecular weight is 502 g/mol. The van der Waals surface area contributed by atoms with Gasteiger partial charge in [-0.15, -0.1) is 0 Å². The van der Waals surface area contributed by atoms with Gasteiger partial charge >= 0.3 is 0 Å². The molecule has 0 aliphatic carbocycles. The van der Waals surface area contributed by atoms with Gasteiger partial charge < -0.3 is 14.8 Å². The molecule has 0 fully saturated rings. The normalized spacial score (nSPS) is 11.0. The van der Waals surface area contributed by atoms with Gasteiger partial charge in [0.25, 0.3) is 5.91 Å². The van der Waals surface area contributed by atoms with Gasteiger partial charge in [-0.3, -0.25) is 4.79 Å². The average Bonchev–Trinajstić information content (AvgIpc) is 2.79. The molecule has 33 heavy (non-hydrogen) atoms. The summed E-state index contributed by atoms with van der Waals surface area (Å²) in [4.78, 5) is 12.6. The lowest BCUT2D eigenvalue weighted by Crippen LogP contribution is -2.13. The number of anilines is 1. The molecular weight excluding hydrogens is 483 g/mol. The Morgan fingerprint density at radius 3 is 2.48 bits per heavy atom. The fourth-order valence-corrected chi connectivity index (χ4v) is 3.52. The summed E-state index contributed by atoms with van der Waals surface area (Å²) in [5.41, 5.74) is 2.68. The van der Waals surface area contributed by atoms with E-state index in [4.69, 9.17) is 44.3 Å². The van der Waals surface area contributed by atoms with Gasteiger partial charge in [-0.25, -0.2) is 0 Å². The van der Waals surface area contributed by atoms with Gasteiger partial charge in [0.1, 0.15) is 18.2 Å². The van der Waals surface area contributed by atoms with Crippen molar-refractivity contribution in [1.82, 2.24) is 0 Å². The van der Waals surface area contributed by atoms with Crippen molar-refractivity contribution in [3.8, 4) is 17.6 Å². The molecule has 5 nitrogen and oxygen atoms in total. The molecule has 1 N–H and O–H groups in total. The fourth-order valence-electron chi connectivity index (χ4n) is 2.87. The summed E-state index contributed by atoms with van der Waals surface area (Å²) in [6.45, 7) is 2.08. The highest BCUT2D eigenvalue weighted by molar-refractivity contribution is 6.35. The minimum absolute atomic E-state index is 0.0737. The van der Waals surface area contributed by atoms with Crippen molar-refractivity contribution in [3.05, 3.63) is 91.9 Å². The topological polar surface area (TPSA) is 71.3 Å². The van der Waals surface area contributed by atoms with Crippen LogP contribution < -0.4 is 14.8 Å². The molecule has 8 heteroatoms. The van der Waals surface area contributed by atoms with Gasteiger partial charge in [0.05, 0.1) is 7.11 Å². The van der Waals surface area contributed by atoms with E-state index in [9.17, 15) is 10.1 Å². The molecule has 0 aliphatic rings. The highest BCUT2D eigenvalue weighted by Gasteiger charge is 2.12. The number of aryl methyl sites for hydroxylation is 1. The number of benzene rings is 3. The molecule has 0 spiro atoms. The molecule has 0 unspecified atom stereocenters. The predicted molar refractivity (Wildman–Crippen MR) is 132 cm³/mol. The van der Waals surface area contributed by atoms with Crippen LogP contribution in [0.4, 0.5) is 5.69 Å². The van der Waals surface area contributed by atoms with Crippen LogP contribution in [0.5, 0.6) is 11.5 Å². The van der Waals surface area contributed by atoms with Gasteiger partial charge in [-0.1, -0.05) is 53.0 Å². The Labute approximate surface area is 207 Å². The summed E-state index contributed by atoms with van der Waals surface area (Å²) in [6, 6.07) is 17.3. The van der Waals surface area contributed by atoms with Gasteiger partial charge in [0.15, 0.2) is 11.5 Å². The van der Waals surface area contributed by atoms with Crippen LogP contribution in [0.15, 0.2) is 60.2 Å². The molecule has 0 bridgehead atoms.